The van der Waals surface area contributed by atoms with Crippen LogP contribution >= 0.6 is 11.6 Å². The number of halogens is 3. The molecule has 0 heterocycles. The first-order chi connectivity index (χ1) is 8.97. The monoisotopic (exact) mass is 281 g/mol. The summed E-state index contributed by atoms with van der Waals surface area (Å²) in [6.07, 6.45) is 0.471. The van der Waals surface area contributed by atoms with Crippen LogP contribution in [-0.2, 0) is 6.42 Å². The third-order valence-electron chi connectivity index (χ3n) is 3.05. The quantitative estimate of drug-likeness (QED) is 0.898. The van der Waals surface area contributed by atoms with E-state index in [0.717, 1.165) is 11.6 Å². The van der Waals surface area contributed by atoms with Gasteiger partial charge in [0, 0.05) is 22.7 Å². The molecular weight excluding hydrogens is 268 g/mol. The summed E-state index contributed by atoms with van der Waals surface area (Å²) in [4.78, 5) is 0. The van der Waals surface area contributed by atoms with Gasteiger partial charge in [-0.25, -0.2) is 8.78 Å². The SMILES string of the molecule is Cc1cc(C(N)Cc2ccc(Cl)cc2)c(F)cc1F. The molecular formula is C15H14ClF2N. The highest BCUT2D eigenvalue weighted by Crippen LogP contribution is 2.23. The molecule has 1 unspecified atom stereocenters. The fraction of sp³-hybridized carbons (Fsp3) is 0.200. The molecule has 19 heavy (non-hydrogen) atoms. The summed E-state index contributed by atoms with van der Waals surface area (Å²) in [6, 6.07) is 9.04. The zero-order chi connectivity index (χ0) is 14.0. The van der Waals surface area contributed by atoms with Gasteiger partial charge >= 0.3 is 0 Å². The van der Waals surface area contributed by atoms with E-state index in [1.54, 1.807) is 19.1 Å². The summed E-state index contributed by atoms with van der Waals surface area (Å²) in [7, 11) is 0. The van der Waals surface area contributed by atoms with Gasteiger partial charge < -0.3 is 5.73 Å². The molecule has 2 aromatic rings. The van der Waals surface area contributed by atoms with Gasteiger partial charge in [-0.15, -0.1) is 0 Å². The van der Waals surface area contributed by atoms with Crippen LogP contribution in [0.3, 0.4) is 0 Å². The summed E-state index contributed by atoms with van der Waals surface area (Å²) >= 11 is 5.80. The number of aryl methyl sites for hydroxylation is 1. The lowest BCUT2D eigenvalue weighted by atomic mass is 9.97. The normalized spacial score (nSPS) is 12.5. The molecule has 0 amide bonds. The van der Waals surface area contributed by atoms with E-state index in [9.17, 15) is 8.78 Å². The highest BCUT2D eigenvalue weighted by atomic mass is 35.5. The van der Waals surface area contributed by atoms with E-state index in [0.29, 0.717) is 22.6 Å². The summed E-state index contributed by atoms with van der Waals surface area (Å²) < 4.78 is 26.9. The van der Waals surface area contributed by atoms with Crippen LogP contribution in [0.5, 0.6) is 0 Å². The molecule has 0 aromatic heterocycles. The molecule has 0 radical (unpaired) electrons. The number of benzene rings is 2. The van der Waals surface area contributed by atoms with Crippen LogP contribution in [0, 0.1) is 18.6 Å². The molecule has 0 bridgehead atoms. The Kier molecular flexibility index (Phi) is 4.17. The van der Waals surface area contributed by atoms with Crippen LogP contribution in [-0.4, -0.2) is 0 Å². The molecule has 0 fully saturated rings. The first kappa shape index (κ1) is 14.0. The minimum absolute atomic E-state index is 0.328. The smallest absolute Gasteiger partial charge is 0.130 e. The van der Waals surface area contributed by atoms with E-state index in [2.05, 4.69) is 0 Å². The maximum Gasteiger partial charge on any atom is 0.130 e. The second-order valence-electron chi connectivity index (χ2n) is 4.56. The van der Waals surface area contributed by atoms with Crippen molar-refractivity contribution in [1.82, 2.24) is 0 Å². The Morgan fingerprint density at radius 2 is 1.74 bits per heavy atom. The molecule has 0 aliphatic heterocycles. The third-order valence-corrected chi connectivity index (χ3v) is 3.30. The molecule has 2 rings (SSSR count). The van der Waals surface area contributed by atoms with Gasteiger partial charge in [0.25, 0.3) is 0 Å². The number of rotatable bonds is 3. The van der Waals surface area contributed by atoms with Crippen molar-refractivity contribution in [3.05, 3.63) is 69.7 Å². The Hall–Kier alpha value is -1.45. The maximum atomic E-state index is 13.7. The molecule has 1 atom stereocenters. The minimum atomic E-state index is -0.607. The van der Waals surface area contributed by atoms with Gasteiger partial charge in [-0.2, -0.15) is 0 Å². The zero-order valence-corrected chi connectivity index (χ0v) is 11.2. The predicted octanol–water partition coefficient (Wildman–Crippen LogP) is 4.17. The molecule has 0 aliphatic rings. The summed E-state index contributed by atoms with van der Waals surface area (Å²) in [5, 5.41) is 0.640. The lowest BCUT2D eigenvalue weighted by molar-refractivity contribution is 0.550. The Morgan fingerprint density at radius 3 is 2.37 bits per heavy atom. The molecule has 2 N–H and O–H groups in total. The molecule has 0 saturated carbocycles. The van der Waals surface area contributed by atoms with E-state index in [1.807, 2.05) is 12.1 Å². The molecule has 100 valence electrons. The standard InChI is InChI=1S/C15H14ClF2N/c1-9-6-12(14(18)8-13(9)17)15(19)7-10-2-4-11(16)5-3-10/h2-6,8,15H,7,19H2,1H3. The second kappa shape index (κ2) is 5.68. The van der Waals surface area contributed by atoms with Crippen molar-refractivity contribution >= 4 is 11.6 Å². The Morgan fingerprint density at radius 1 is 1.11 bits per heavy atom. The largest absolute Gasteiger partial charge is 0.324 e. The van der Waals surface area contributed by atoms with Crippen molar-refractivity contribution in [1.29, 1.82) is 0 Å². The van der Waals surface area contributed by atoms with E-state index >= 15 is 0 Å². The van der Waals surface area contributed by atoms with Gasteiger partial charge in [-0.3, -0.25) is 0 Å². The topological polar surface area (TPSA) is 26.0 Å². The van der Waals surface area contributed by atoms with Crippen molar-refractivity contribution in [2.24, 2.45) is 5.73 Å². The summed E-state index contributed by atoms with van der Waals surface area (Å²) in [5.41, 5.74) is 7.67. The molecule has 4 heteroatoms. The highest BCUT2D eigenvalue weighted by Gasteiger charge is 2.14. The first-order valence-electron chi connectivity index (χ1n) is 5.93. The maximum absolute atomic E-state index is 13.7. The Balaban J connectivity index is 2.22. The number of hydrogen-bond donors (Lipinski definition) is 1. The van der Waals surface area contributed by atoms with E-state index < -0.39 is 17.7 Å². The molecule has 0 spiro atoms. The van der Waals surface area contributed by atoms with Gasteiger partial charge in [0.15, 0.2) is 0 Å². The van der Waals surface area contributed by atoms with Crippen LogP contribution in [0.2, 0.25) is 5.02 Å². The molecule has 2 aromatic carbocycles. The Labute approximate surface area is 116 Å². The van der Waals surface area contributed by atoms with Crippen LogP contribution in [0.4, 0.5) is 8.78 Å². The van der Waals surface area contributed by atoms with Gasteiger partial charge in [-0.05, 0) is 42.7 Å². The average Bonchev–Trinajstić information content (AvgIpc) is 2.36. The zero-order valence-electron chi connectivity index (χ0n) is 10.5. The fourth-order valence-corrected chi connectivity index (χ4v) is 2.07. The molecule has 0 aliphatic carbocycles. The van der Waals surface area contributed by atoms with Gasteiger partial charge in [0.2, 0.25) is 0 Å². The summed E-state index contributed by atoms with van der Waals surface area (Å²) in [5.74, 6) is -1.16. The molecule has 1 nitrogen and oxygen atoms in total. The van der Waals surface area contributed by atoms with Crippen molar-refractivity contribution in [3.8, 4) is 0 Å². The van der Waals surface area contributed by atoms with Crippen molar-refractivity contribution in [2.45, 2.75) is 19.4 Å². The Bertz CT molecular complexity index is 581. The first-order valence-corrected chi connectivity index (χ1v) is 6.30. The fourth-order valence-electron chi connectivity index (χ4n) is 1.95. The van der Waals surface area contributed by atoms with Crippen LogP contribution in [0.1, 0.15) is 22.7 Å². The summed E-state index contributed by atoms with van der Waals surface area (Å²) in [6.45, 7) is 1.59. The van der Waals surface area contributed by atoms with Crippen molar-refractivity contribution in [3.63, 3.8) is 0 Å². The number of nitrogens with two attached hydrogens (primary N) is 1. The third kappa shape index (κ3) is 3.31. The predicted molar refractivity (Wildman–Crippen MR) is 73.2 cm³/mol. The second-order valence-corrected chi connectivity index (χ2v) is 5.00. The lowest BCUT2D eigenvalue weighted by Crippen LogP contribution is -2.15. The van der Waals surface area contributed by atoms with E-state index in [4.69, 9.17) is 17.3 Å². The van der Waals surface area contributed by atoms with Crippen LogP contribution < -0.4 is 5.73 Å². The average molecular weight is 282 g/mol. The highest BCUT2D eigenvalue weighted by molar-refractivity contribution is 6.30. The van der Waals surface area contributed by atoms with Crippen molar-refractivity contribution < 1.29 is 8.78 Å². The number of hydrogen-bond acceptors (Lipinski definition) is 1. The van der Waals surface area contributed by atoms with E-state index in [1.165, 1.54) is 6.07 Å². The van der Waals surface area contributed by atoms with Crippen LogP contribution in [0.15, 0.2) is 36.4 Å². The van der Waals surface area contributed by atoms with Gasteiger partial charge in [0.1, 0.15) is 11.6 Å². The van der Waals surface area contributed by atoms with Gasteiger partial charge in [0.05, 0.1) is 0 Å². The van der Waals surface area contributed by atoms with E-state index in [-0.39, 0.29) is 0 Å². The lowest BCUT2D eigenvalue weighted by Gasteiger charge is -2.14. The van der Waals surface area contributed by atoms with Crippen LogP contribution in [0.25, 0.3) is 0 Å². The molecule has 0 saturated heterocycles. The minimum Gasteiger partial charge on any atom is -0.324 e. The van der Waals surface area contributed by atoms with Crippen molar-refractivity contribution in [2.75, 3.05) is 0 Å². The van der Waals surface area contributed by atoms with Gasteiger partial charge in [-0.1, -0.05) is 23.7 Å².